The van der Waals surface area contributed by atoms with E-state index in [1.807, 2.05) is 13.8 Å². The molecule has 31 heavy (non-hydrogen) atoms. The molecule has 1 aliphatic heterocycles. The zero-order chi connectivity index (χ0) is 23.3. The molecule has 3 atom stereocenters. The standard InChI is InChI=1S/C18H22BCl2N3O7/c1-8(2)5-12(19-30-15(17(27)28)14(22)18(29)31-19)24-13(25)7-23-16(26)10-6-9(20)3-4-11(10)21/h3-4,6,8,12,14-15H,5,7,22H2,1-2H3,(H,23,26)(H,24,25)(H,27,28)/t12-,14-,15+/m0/s1. The van der Waals surface area contributed by atoms with Crippen molar-refractivity contribution in [2.45, 2.75) is 38.4 Å². The molecule has 5 N–H and O–H groups in total. The van der Waals surface area contributed by atoms with Crippen molar-refractivity contribution in [2.24, 2.45) is 11.7 Å². The van der Waals surface area contributed by atoms with Gasteiger partial charge in [-0.3, -0.25) is 14.4 Å². The predicted molar refractivity (Wildman–Crippen MR) is 113 cm³/mol. The first-order valence-corrected chi connectivity index (χ1v) is 10.1. The molecule has 1 saturated heterocycles. The molecule has 13 heteroatoms. The van der Waals surface area contributed by atoms with E-state index in [1.54, 1.807) is 0 Å². The number of benzene rings is 1. The van der Waals surface area contributed by atoms with E-state index in [2.05, 4.69) is 10.6 Å². The number of nitrogens with one attached hydrogen (secondary N) is 2. The van der Waals surface area contributed by atoms with Crippen molar-refractivity contribution in [3.05, 3.63) is 33.8 Å². The number of carboxylic acids is 1. The normalized spacial score (nSPS) is 19.5. The van der Waals surface area contributed by atoms with E-state index in [0.29, 0.717) is 11.4 Å². The number of nitrogens with two attached hydrogens (primary N) is 1. The van der Waals surface area contributed by atoms with Gasteiger partial charge in [0.25, 0.3) is 5.91 Å². The monoisotopic (exact) mass is 473 g/mol. The van der Waals surface area contributed by atoms with Crippen molar-refractivity contribution in [1.82, 2.24) is 10.6 Å². The largest absolute Gasteiger partial charge is 0.552 e. The summed E-state index contributed by atoms with van der Waals surface area (Å²) < 4.78 is 10.4. The molecule has 168 valence electrons. The van der Waals surface area contributed by atoms with Gasteiger partial charge in [-0.15, -0.1) is 0 Å². The zero-order valence-electron chi connectivity index (χ0n) is 16.8. The Bertz CT molecular complexity index is 871. The van der Waals surface area contributed by atoms with E-state index in [9.17, 15) is 24.3 Å². The Kier molecular flexibility index (Phi) is 8.69. The van der Waals surface area contributed by atoms with E-state index < -0.39 is 55.5 Å². The second kappa shape index (κ2) is 10.8. The number of aliphatic carboxylic acids is 1. The van der Waals surface area contributed by atoms with Crippen LogP contribution in [0, 0.1) is 5.92 Å². The molecule has 0 unspecified atom stereocenters. The van der Waals surface area contributed by atoms with Gasteiger partial charge < -0.3 is 30.8 Å². The highest BCUT2D eigenvalue weighted by Gasteiger charge is 2.48. The van der Waals surface area contributed by atoms with Gasteiger partial charge in [-0.1, -0.05) is 37.0 Å². The van der Waals surface area contributed by atoms with Crippen LogP contribution in [0.1, 0.15) is 30.6 Å². The average molecular weight is 474 g/mol. The molecule has 0 spiro atoms. The summed E-state index contributed by atoms with van der Waals surface area (Å²) in [5, 5.41) is 14.7. The van der Waals surface area contributed by atoms with E-state index >= 15 is 0 Å². The minimum atomic E-state index is -1.61. The fourth-order valence-corrected chi connectivity index (χ4v) is 3.27. The first kappa shape index (κ1) is 24.9. The Labute approximate surface area is 188 Å². The Morgan fingerprint density at radius 1 is 1.29 bits per heavy atom. The summed E-state index contributed by atoms with van der Waals surface area (Å²) in [6.45, 7) is 3.29. The summed E-state index contributed by atoms with van der Waals surface area (Å²) in [5.41, 5.74) is 5.61. The summed E-state index contributed by atoms with van der Waals surface area (Å²) in [7, 11) is -1.35. The molecule has 0 radical (unpaired) electrons. The van der Waals surface area contributed by atoms with Crippen LogP contribution in [-0.2, 0) is 23.7 Å². The van der Waals surface area contributed by atoms with Crippen LogP contribution in [0.2, 0.25) is 10.0 Å². The van der Waals surface area contributed by atoms with Gasteiger partial charge in [-0.05, 0) is 30.5 Å². The third-order valence-corrected chi connectivity index (χ3v) is 4.90. The number of rotatable bonds is 8. The maximum atomic E-state index is 12.4. The number of hydrogen-bond donors (Lipinski definition) is 4. The van der Waals surface area contributed by atoms with Gasteiger partial charge >= 0.3 is 19.1 Å². The van der Waals surface area contributed by atoms with E-state index in [1.165, 1.54) is 18.2 Å². The van der Waals surface area contributed by atoms with Crippen LogP contribution < -0.4 is 16.4 Å². The number of halogens is 2. The number of hydrogen-bond acceptors (Lipinski definition) is 7. The Morgan fingerprint density at radius 2 is 1.97 bits per heavy atom. The summed E-state index contributed by atoms with van der Waals surface area (Å²) >= 11 is 11.8. The van der Waals surface area contributed by atoms with Gasteiger partial charge in [-0.2, -0.15) is 0 Å². The minimum absolute atomic E-state index is 0.0336. The van der Waals surface area contributed by atoms with Gasteiger partial charge in [0.2, 0.25) is 5.91 Å². The molecule has 2 rings (SSSR count). The Morgan fingerprint density at radius 3 is 2.58 bits per heavy atom. The van der Waals surface area contributed by atoms with Gasteiger partial charge in [0.05, 0.1) is 23.1 Å². The molecule has 0 aromatic heterocycles. The van der Waals surface area contributed by atoms with Gasteiger partial charge in [0, 0.05) is 5.02 Å². The summed E-state index contributed by atoms with van der Waals surface area (Å²) in [6, 6.07) is 2.86. The Hall–Kier alpha value is -2.34. The number of carbonyl (C=O) groups excluding carboxylic acids is 3. The summed E-state index contributed by atoms with van der Waals surface area (Å²) in [5.74, 6) is -4.42. The lowest BCUT2D eigenvalue weighted by molar-refractivity contribution is -0.159. The van der Waals surface area contributed by atoms with Crippen LogP contribution in [0.5, 0.6) is 0 Å². The molecule has 1 aromatic carbocycles. The maximum absolute atomic E-state index is 12.4. The van der Waals surface area contributed by atoms with Crippen LogP contribution >= 0.6 is 23.2 Å². The average Bonchev–Trinajstić information content (AvgIpc) is 2.68. The van der Waals surface area contributed by atoms with Crippen molar-refractivity contribution in [3.63, 3.8) is 0 Å². The van der Waals surface area contributed by atoms with Crippen LogP contribution in [-0.4, -0.2) is 60.6 Å². The molecule has 1 aliphatic rings. The smallest absolute Gasteiger partial charge is 0.507 e. The molecule has 1 fully saturated rings. The van der Waals surface area contributed by atoms with Crippen LogP contribution in [0.3, 0.4) is 0 Å². The van der Waals surface area contributed by atoms with E-state index in [-0.39, 0.29) is 16.5 Å². The van der Waals surface area contributed by atoms with Crippen molar-refractivity contribution >= 4 is 54.1 Å². The van der Waals surface area contributed by atoms with Crippen molar-refractivity contribution in [1.29, 1.82) is 0 Å². The quantitative estimate of drug-likeness (QED) is 0.400. The van der Waals surface area contributed by atoms with E-state index in [4.69, 9.17) is 38.2 Å². The van der Waals surface area contributed by atoms with Crippen LogP contribution in [0.25, 0.3) is 0 Å². The number of carbonyl (C=O) groups is 4. The highest BCUT2D eigenvalue weighted by molar-refractivity contribution is 6.50. The summed E-state index contributed by atoms with van der Waals surface area (Å²) in [4.78, 5) is 47.9. The molecule has 1 aromatic rings. The molecule has 1 heterocycles. The van der Waals surface area contributed by atoms with Crippen LogP contribution in [0.4, 0.5) is 0 Å². The van der Waals surface area contributed by atoms with Crippen molar-refractivity contribution < 1.29 is 33.6 Å². The lowest BCUT2D eigenvalue weighted by atomic mass is 9.72. The molecule has 0 saturated carbocycles. The fourth-order valence-electron chi connectivity index (χ4n) is 2.89. The lowest BCUT2D eigenvalue weighted by Crippen LogP contribution is -2.63. The highest BCUT2D eigenvalue weighted by atomic mass is 35.5. The van der Waals surface area contributed by atoms with Crippen LogP contribution in [0.15, 0.2) is 18.2 Å². The zero-order valence-corrected chi connectivity index (χ0v) is 18.3. The third kappa shape index (κ3) is 6.83. The molecule has 0 bridgehead atoms. The third-order valence-electron chi connectivity index (χ3n) is 4.34. The number of amides is 2. The SMILES string of the molecule is CC(C)C[C@H](NC(=O)CNC(=O)c1cc(Cl)ccc1Cl)B1OC(=O)[C@@H](N)[C@H](C(=O)O)O1. The second-order valence-corrected chi connectivity index (χ2v) is 8.18. The second-order valence-electron chi connectivity index (χ2n) is 7.34. The molecule has 0 aliphatic carbocycles. The van der Waals surface area contributed by atoms with Crippen molar-refractivity contribution in [3.8, 4) is 0 Å². The summed E-state index contributed by atoms with van der Waals surface area (Å²) in [6.07, 6.45) is -1.30. The van der Waals surface area contributed by atoms with Gasteiger partial charge in [0.15, 0.2) is 6.10 Å². The predicted octanol–water partition coefficient (Wildman–Crippen LogP) is 0.635. The lowest BCUT2D eigenvalue weighted by Gasteiger charge is -2.33. The maximum Gasteiger partial charge on any atom is 0.552 e. The number of carboxylic acid groups (broad SMARTS) is 1. The molecular weight excluding hydrogens is 452 g/mol. The fraction of sp³-hybridized carbons (Fsp3) is 0.444. The topological polar surface area (TPSA) is 157 Å². The molecule has 10 nitrogen and oxygen atoms in total. The minimum Gasteiger partial charge on any atom is -0.507 e. The van der Waals surface area contributed by atoms with Crippen molar-refractivity contribution in [2.75, 3.05) is 6.54 Å². The van der Waals surface area contributed by atoms with Gasteiger partial charge in [-0.25, -0.2) is 4.79 Å². The first-order valence-electron chi connectivity index (χ1n) is 9.36. The molecule has 2 amide bonds. The van der Waals surface area contributed by atoms with Gasteiger partial charge in [0.1, 0.15) is 6.04 Å². The molecular formula is C18H22BCl2N3O7. The van der Waals surface area contributed by atoms with E-state index in [0.717, 1.165) is 0 Å². The first-order chi connectivity index (χ1) is 14.5. The highest BCUT2D eigenvalue weighted by Crippen LogP contribution is 2.20. The Balaban J connectivity index is 2.04.